The van der Waals surface area contributed by atoms with Crippen LogP contribution in [0.2, 0.25) is 0 Å². The maximum Gasteiger partial charge on any atom is 0.328 e. The van der Waals surface area contributed by atoms with Crippen LogP contribution in [0.1, 0.15) is 251 Å². The maximum atomic E-state index is 12.9. The van der Waals surface area contributed by atoms with E-state index in [4.69, 9.17) is 14.9 Å². The fraction of sp³-hybridized carbons (Fsp3) is 0.782. The van der Waals surface area contributed by atoms with Gasteiger partial charge < -0.3 is 25.6 Å². The minimum Gasteiger partial charge on any atom is -0.480 e. The van der Waals surface area contributed by atoms with Crippen LogP contribution in [-0.2, 0) is 23.9 Å². The van der Waals surface area contributed by atoms with Gasteiger partial charge in [0.2, 0.25) is 11.8 Å². The molecule has 0 aliphatic rings. The van der Waals surface area contributed by atoms with E-state index >= 15 is 0 Å². The zero-order valence-corrected chi connectivity index (χ0v) is 41.3. The summed E-state index contributed by atoms with van der Waals surface area (Å²) in [6.07, 6.45) is 60.0. The lowest BCUT2D eigenvalue weighted by Crippen LogP contribution is -2.47. The first-order chi connectivity index (χ1) is 31.3. The largest absolute Gasteiger partial charge is 0.480 e. The van der Waals surface area contributed by atoms with Crippen LogP contribution >= 0.6 is 0 Å². The first kappa shape index (κ1) is 60.8. The van der Waals surface area contributed by atoms with Crippen LogP contribution in [0.4, 0.5) is 0 Å². The van der Waals surface area contributed by atoms with Crippen LogP contribution in [0.15, 0.2) is 48.6 Å². The van der Waals surface area contributed by atoms with Gasteiger partial charge in [0.15, 0.2) is 0 Å². The number of aliphatic hydroxyl groups excluding tert-OH is 1. The summed E-state index contributed by atoms with van der Waals surface area (Å²) in [5.74, 6) is -2.31. The lowest BCUT2D eigenvalue weighted by atomic mass is 10.0. The van der Waals surface area contributed by atoms with Crippen LogP contribution in [0.5, 0.6) is 0 Å². The molecule has 0 heterocycles. The summed E-state index contributed by atoms with van der Waals surface area (Å²) in [5.41, 5.74) is 0. The molecule has 0 bridgehead atoms. The molecule has 0 saturated heterocycles. The first-order valence-corrected chi connectivity index (χ1v) is 26.5. The fourth-order valence-electron chi connectivity index (χ4n) is 7.72. The van der Waals surface area contributed by atoms with Crippen molar-refractivity contribution in [3.05, 3.63) is 48.6 Å². The Morgan fingerprint density at radius 2 is 0.844 bits per heavy atom. The number of nitrogens with one attached hydrogen (secondary N) is 2. The Balaban J connectivity index is 4.33. The molecule has 370 valence electrons. The molecule has 2 atom stereocenters. The number of aliphatic hydroxyl groups is 1. The van der Waals surface area contributed by atoms with Crippen LogP contribution in [0.25, 0.3) is 0 Å². The van der Waals surface area contributed by atoms with Gasteiger partial charge in [-0.05, 0) is 103 Å². The molecule has 0 spiro atoms. The van der Waals surface area contributed by atoms with Gasteiger partial charge in [-0.2, -0.15) is 0 Å². The quantitative estimate of drug-likeness (QED) is 0.0271. The van der Waals surface area contributed by atoms with Gasteiger partial charge in [-0.15, -0.1) is 0 Å². The first-order valence-electron chi connectivity index (χ1n) is 26.5. The third-order valence-electron chi connectivity index (χ3n) is 11.8. The lowest BCUT2D eigenvalue weighted by Gasteiger charge is -2.18. The number of ether oxygens (including phenoxy) is 1. The monoisotopic (exact) mass is 899 g/mol. The van der Waals surface area contributed by atoms with E-state index in [0.717, 1.165) is 89.9 Å². The zero-order valence-electron chi connectivity index (χ0n) is 41.3. The minimum atomic E-state index is -1.39. The highest BCUT2D eigenvalue weighted by Gasteiger charge is 2.19. The van der Waals surface area contributed by atoms with Crippen molar-refractivity contribution in [2.45, 2.75) is 264 Å². The summed E-state index contributed by atoms with van der Waals surface area (Å²) >= 11 is 0. The SMILES string of the molecule is CCCCCCC/C=C\C/C=C\CCCCCCCCCCCC(=O)OC(CCCCC/C=C\C/C=C\CCCCCCC)CCCCCCCC(=O)NCC(=O)NC(CO)C(=O)O. The highest BCUT2D eigenvalue weighted by molar-refractivity contribution is 5.87. The Bertz CT molecular complexity index is 1210. The second-order valence-corrected chi connectivity index (χ2v) is 18.0. The number of carboxylic acids is 1. The predicted octanol–water partition coefficient (Wildman–Crippen LogP) is 14.3. The van der Waals surface area contributed by atoms with E-state index in [9.17, 15) is 19.2 Å². The molecule has 0 aromatic rings. The second-order valence-electron chi connectivity index (χ2n) is 18.0. The number of unbranched alkanes of at least 4 members (excludes halogenated alkanes) is 26. The summed E-state index contributed by atoms with van der Waals surface area (Å²) in [7, 11) is 0. The molecule has 9 nitrogen and oxygen atoms in total. The van der Waals surface area contributed by atoms with E-state index in [0.29, 0.717) is 12.8 Å². The Labute approximate surface area is 392 Å². The zero-order chi connectivity index (χ0) is 46.8. The third-order valence-corrected chi connectivity index (χ3v) is 11.8. The van der Waals surface area contributed by atoms with Crippen molar-refractivity contribution in [2.75, 3.05) is 13.2 Å². The van der Waals surface area contributed by atoms with Gasteiger partial charge in [0.05, 0.1) is 13.2 Å². The molecular weight excluding hydrogens is 801 g/mol. The number of carboxylic acid groups (broad SMARTS) is 1. The van der Waals surface area contributed by atoms with Crippen LogP contribution in [0.3, 0.4) is 0 Å². The van der Waals surface area contributed by atoms with E-state index < -0.39 is 24.5 Å². The Kier molecular flexibility index (Phi) is 46.8. The number of hydrogen-bond donors (Lipinski definition) is 4. The van der Waals surface area contributed by atoms with E-state index in [2.05, 4.69) is 73.1 Å². The van der Waals surface area contributed by atoms with Gasteiger partial charge in [-0.1, -0.05) is 184 Å². The standard InChI is InChI=1S/C55H98N2O7/c1-3-5-7-9-11-13-15-17-19-20-21-22-23-24-26-28-30-32-34-39-43-47-54(61)64-50(44-40-36-33-31-29-27-25-18-16-14-12-10-8-6-4-2)45-41-37-35-38-42-46-52(59)56-48-53(60)57-51(49-58)55(62)63/h15-18,20-21,27,29,50-51,58H,3-14,19,22-26,28,30-49H2,1-2H3,(H,56,59)(H,57,60)(H,62,63)/b17-15-,18-16-,21-20-,29-27-. The van der Waals surface area contributed by atoms with E-state index in [1.807, 2.05) is 0 Å². The summed E-state index contributed by atoms with van der Waals surface area (Å²) in [6.45, 7) is 3.48. The average molecular weight is 899 g/mol. The van der Waals surface area contributed by atoms with E-state index in [1.54, 1.807) is 0 Å². The Morgan fingerprint density at radius 3 is 1.27 bits per heavy atom. The minimum absolute atomic E-state index is 0.0409. The van der Waals surface area contributed by atoms with Gasteiger partial charge in [0.25, 0.3) is 0 Å². The molecule has 0 aromatic carbocycles. The number of hydrogen-bond acceptors (Lipinski definition) is 6. The van der Waals surface area contributed by atoms with E-state index in [-0.39, 0.29) is 30.9 Å². The molecule has 4 N–H and O–H groups in total. The Hall–Kier alpha value is -3.20. The number of rotatable bonds is 48. The average Bonchev–Trinajstić information content (AvgIpc) is 3.28. The second kappa shape index (κ2) is 49.2. The molecule has 0 aromatic heterocycles. The topological polar surface area (TPSA) is 142 Å². The highest BCUT2D eigenvalue weighted by Crippen LogP contribution is 2.19. The summed E-state index contributed by atoms with van der Waals surface area (Å²) in [6, 6.07) is -1.39. The predicted molar refractivity (Wildman–Crippen MR) is 268 cm³/mol. The number of carbonyl (C=O) groups is 4. The van der Waals surface area contributed by atoms with Gasteiger partial charge >= 0.3 is 11.9 Å². The smallest absolute Gasteiger partial charge is 0.328 e. The Morgan fingerprint density at radius 1 is 0.469 bits per heavy atom. The molecule has 0 radical (unpaired) electrons. The summed E-state index contributed by atoms with van der Waals surface area (Å²) < 4.78 is 6.06. The van der Waals surface area contributed by atoms with Gasteiger partial charge in [-0.25, -0.2) is 4.79 Å². The molecular formula is C55H98N2O7. The lowest BCUT2D eigenvalue weighted by molar-refractivity contribution is -0.150. The van der Waals surface area contributed by atoms with Gasteiger partial charge in [0.1, 0.15) is 12.1 Å². The molecule has 0 rings (SSSR count). The van der Waals surface area contributed by atoms with Crippen molar-refractivity contribution in [1.82, 2.24) is 10.6 Å². The summed E-state index contributed by atoms with van der Waals surface area (Å²) in [5, 5.41) is 22.6. The van der Waals surface area contributed by atoms with Crippen molar-refractivity contribution in [2.24, 2.45) is 0 Å². The highest BCUT2D eigenvalue weighted by atomic mass is 16.5. The van der Waals surface area contributed by atoms with Crippen molar-refractivity contribution >= 4 is 23.8 Å². The van der Waals surface area contributed by atoms with Crippen molar-refractivity contribution in [3.8, 4) is 0 Å². The van der Waals surface area contributed by atoms with E-state index in [1.165, 1.54) is 128 Å². The van der Waals surface area contributed by atoms with Crippen LogP contribution in [0, 0.1) is 0 Å². The van der Waals surface area contributed by atoms with Crippen LogP contribution < -0.4 is 10.6 Å². The van der Waals surface area contributed by atoms with Gasteiger partial charge in [-0.3, -0.25) is 14.4 Å². The molecule has 0 aliphatic heterocycles. The molecule has 64 heavy (non-hydrogen) atoms. The number of amides is 2. The molecule has 2 unspecified atom stereocenters. The number of esters is 1. The fourth-order valence-corrected chi connectivity index (χ4v) is 7.72. The number of allylic oxidation sites excluding steroid dienone is 8. The van der Waals surface area contributed by atoms with Gasteiger partial charge in [0, 0.05) is 12.8 Å². The van der Waals surface area contributed by atoms with Crippen molar-refractivity contribution < 1.29 is 34.1 Å². The van der Waals surface area contributed by atoms with Crippen LogP contribution in [-0.4, -0.2) is 59.3 Å². The third kappa shape index (κ3) is 45.4. The number of aliphatic carboxylic acids is 1. The molecule has 0 saturated carbocycles. The molecule has 0 fully saturated rings. The molecule has 0 aliphatic carbocycles. The van der Waals surface area contributed by atoms with Crippen molar-refractivity contribution in [3.63, 3.8) is 0 Å². The number of carbonyl (C=O) groups excluding carboxylic acids is 3. The molecule has 9 heteroatoms. The normalized spacial score (nSPS) is 12.8. The molecule has 2 amide bonds. The van der Waals surface area contributed by atoms with Crippen molar-refractivity contribution in [1.29, 1.82) is 0 Å². The summed E-state index contributed by atoms with van der Waals surface area (Å²) in [4.78, 5) is 47.8. The maximum absolute atomic E-state index is 12.9.